The molecule has 2 N–H and O–H groups in total. The summed E-state index contributed by atoms with van der Waals surface area (Å²) in [4.78, 5) is 12.2. The maximum atomic E-state index is 12.2. The second-order valence-corrected chi connectivity index (χ2v) is 6.02. The van der Waals surface area contributed by atoms with E-state index in [2.05, 4.69) is 5.43 Å². The lowest BCUT2D eigenvalue weighted by molar-refractivity contribution is -0.132. The van der Waals surface area contributed by atoms with Crippen LogP contribution in [0.4, 0.5) is 0 Å². The van der Waals surface area contributed by atoms with Crippen molar-refractivity contribution in [3.05, 3.63) is 35.9 Å². The zero-order valence-corrected chi connectivity index (χ0v) is 13.0. The van der Waals surface area contributed by atoms with Gasteiger partial charge in [0.2, 0.25) is 5.91 Å². The van der Waals surface area contributed by atoms with Crippen molar-refractivity contribution in [1.29, 1.82) is 0 Å². The van der Waals surface area contributed by atoms with Crippen LogP contribution in [0.1, 0.15) is 50.7 Å². The summed E-state index contributed by atoms with van der Waals surface area (Å²) in [5, 5.41) is 12.1. The number of amides is 1. The van der Waals surface area contributed by atoms with Gasteiger partial charge in [0, 0.05) is 13.0 Å². The van der Waals surface area contributed by atoms with Crippen LogP contribution in [-0.2, 0) is 4.79 Å². The van der Waals surface area contributed by atoms with Crippen LogP contribution in [0.2, 0.25) is 0 Å². The number of nitrogens with zero attached hydrogens (tertiary/aromatic N) is 1. The second kappa shape index (κ2) is 7.57. The summed E-state index contributed by atoms with van der Waals surface area (Å²) in [5.41, 5.74) is 3.80. The molecule has 1 aromatic rings. The van der Waals surface area contributed by atoms with Crippen LogP contribution in [0.3, 0.4) is 0 Å². The Hall–Kier alpha value is -1.39. The summed E-state index contributed by atoms with van der Waals surface area (Å²) in [6.45, 7) is 1.92. The van der Waals surface area contributed by atoms with Crippen LogP contribution < -0.4 is 5.43 Å². The summed E-state index contributed by atoms with van der Waals surface area (Å²) >= 11 is 0. The van der Waals surface area contributed by atoms with Crippen molar-refractivity contribution < 1.29 is 9.90 Å². The molecule has 2 rings (SSSR count). The molecule has 21 heavy (non-hydrogen) atoms. The summed E-state index contributed by atoms with van der Waals surface area (Å²) in [5.74, 6) is 0.214. The minimum absolute atomic E-state index is 0.0873. The smallest absolute Gasteiger partial charge is 0.237 e. The molecule has 0 saturated heterocycles. The Balaban J connectivity index is 1.89. The number of aliphatic hydroxyl groups excluding tert-OH is 1. The quantitative estimate of drug-likeness (QED) is 0.820. The normalized spacial score (nSPS) is 19.2. The molecule has 1 amide bonds. The summed E-state index contributed by atoms with van der Waals surface area (Å²) < 4.78 is 0. The molecule has 1 aliphatic carbocycles. The lowest BCUT2D eigenvalue weighted by atomic mass is 9.89. The first-order chi connectivity index (χ1) is 10.1. The highest BCUT2D eigenvalue weighted by Gasteiger charge is 2.25. The van der Waals surface area contributed by atoms with E-state index in [1.165, 1.54) is 6.42 Å². The maximum Gasteiger partial charge on any atom is 0.237 e. The van der Waals surface area contributed by atoms with Gasteiger partial charge in [0.05, 0.1) is 12.1 Å². The minimum Gasteiger partial charge on any atom is -0.387 e. The van der Waals surface area contributed by atoms with Gasteiger partial charge in [-0.25, -0.2) is 5.01 Å². The SMILES string of the molecule is C[C@@H]([C@H](O)c1ccccc1)N(C)NC(=O)C1CCCCC1. The molecule has 2 atom stereocenters. The van der Waals surface area contributed by atoms with E-state index in [0.717, 1.165) is 31.2 Å². The van der Waals surface area contributed by atoms with Crippen LogP contribution in [0.5, 0.6) is 0 Å². The molecule has 0 aliphatic heterocycles. The number of likely N-dealkylation sites (N-methyl/N-ethyl adjacent to an activating group) is 1. The number of hydrogen-bond acceptors (Lipinski definition) is 3. The fourth-order valence-corrected chi connectivity index (χ4v) is 2.87. The molecule has 0 aromatic heterocycles. The Morgan fingerprint density at radius 2 is 1.86 bits per heavy atom. The molecule has 1 saturated carbocycles. The van der Waals surface area contributed by atoms with Crippen LogP contribution in [0.15, 0.2) is 30.3 Å². The molecule has 0 heterocycles. The van der Waals surface area contributed by atoms with Gasteiger partial charge >= 0.3 is 0 Å². The fourth-order valence-electron chi connectivity index (χ4n) is 2.87. The number of nitrogens with one attached hydrogen (secondary N) is 1. The highest BCUT2D eigenvalue weighted by atomic mass is 16.3. The molecule has 0 unspecified atom stereocenters. The molecule has 4 nitrogen and oxygen atoms in total. The molecule has 1 aromatic carbocycles. The molecule has 0 spiro atoms. The zero-order chi connectivity index (χ0) is 15.2. The highest BCUT2D eigenvalue weighted by Crippen LogP contribution is 2.24. The van der Waals surface area contributed by atoms with Crippen molar-refractivity contribution in [3.8, 4) is 0 Å². The number of hydrogen-bond donors (Lipinski definition) is 2. The minimum atomic E-state index is -0.622. The predicted octanol–water partition coefficient (Wildman–Crippen LogP) is 2.65. The number of carbonyl (C=O) groups excluding carboxylic acids is 1. The number of rotatable bonds is 5. The average molecular weight is 290 g/mol. The average Bonchev–Trinajstić information content (AvgIpc) is 2.55. The van der Waals surface area contributed by atoms with Gasteiger partial charge in [0.25, 0.3) is 0 Å². The second-order valence-electron chi connectivity index (χ2n) is 6.02. The van der Waals surface area contributed by atoms with Gasteiger partial charge < -0.3 is 5.11 Å². The standard InChI is InChI=1S/C17H26N2O2/c1-13(16(20)14-9-5-3-6-10-14)19(2)18-17(21)15-11-7-4-8-12-15/h3,5-6,9-10,13,15-16,20H,4,7-8,11-12H2,1-2H3,(H,18,21)/t13-,16-/m0/s1. The van der Waals surface area contributed by atoms with E-state index in [1.807, 2.05) is 44.3 Å². The van der Waals surface area contributed by atoms with Crippen molar-refractivity contribution in [2.24, 2.45) is 5.92 Å². The lowest BCUT2D eigenvalue weighted by Gasteiger charge is -2.31. The summed E-state index contributed by atoms with van der Waals surface area (Å²) in [7, 11) is 1.82. The van der Waals surface area contributed by atoms with Crippen LogP contribution >= 0.6 is 0 Å². The fraction of sp³-hybridized carbons (Fsp3) is 0.588. The zero-order valence-electron chi connectivity index (χ0n) is 13.0. The van der Waals surface area contributed by atoms with Crippen LogP contribution in [0, 0.1) is 5.92 Å². The third kappa shape index (κ3) is 4.29. The molecule has 0 bridgehead atoms. The van der Waals surface area contributed by atoms with Gasteiger partial charge in [-0.3, -0.25) is 10.2 Å². The van der Waals surface area contributed by atoms with Gasteiger partial charge in [0.15, 0.2) is 0 Å². The highest BCUT2D eigenvalue weighted by molar-refractivity contribution is 5.78. The molecular formula is C17H26N2O2. The van der Waals surface area contributed by atoms with Gasteiger partial charge in [-0.2, -0.15) is 0 Å². The summed E-state index contributed by atoms with van der Waals surface area (Å²) in [6.07, 6.45) is 4.87. The topological polar surface area (TPSA) is 52.6 Å². The number of benzene rings is 1. The van der Waals surface area contributed by atoms with E-state index in [4.69, 9.17) is 0 Å². The number of carbonyl (C=O) groups is 1. The maximum absolute atomic E-state index is 12.2. The molecule has 1 aliphatic rings. The van der Waals surface area contributed by atoms with E-state index in [-0.39, 0.29) is 17.9 Å². The Labute approximate surface area is 127 Å². The van der Waals surface area contributed by atoms with Gasteiger partial charge in [-0.15, -0.1) is 0 Å². The van der Waals surface area contributed by atoms with E-state index >= 15 is 0 Å². The van der Waals surface area contributed by atoms with Crippen molar-refractivity contribution in [3.63, 3.8) is 0 Å². The summed E-state index contributed by atoms with van der Waals surface area (Å²) in [6, 6.07) is 9.36. The predicted molar refractivity (Wildman–Crippen MR) is 83.3 cm³/mol. The first-order valence-corrected chi connectivity index (χ1v) is 7.86. The van der Waals surface area contributed by atoms with Crippen molar-refractivity contribution in [2.75, 3.05) is 7.05 Å². The van der Waals surface area contributed by atoms with E-state index in [1.54, 1.807) is 5.01 Å². The third-order valence-corrected chi connectivity index (χ3v) is 4.47. The Morgan fingerprint density at radius 1 is 1.24 bits per heavy atom. The third-order valence-electron chi connectivity index (χ3n) is 4.47. The lowest BCUT2D eigenvalue weighted by Crippen LogP contribution is -2.49. The van der Waals surface area contributed by atoms with Crippen LogP contribution in [0.25, 0.3) is 0 Å². The molecule has 4 heteroatoms. The largest absolute Gasteiger partial charge is 0.387 e. The van der Waals surface area contributed by atoms with E-state index in [0.29, 0.717) is 0 Å². The number of aliphatic hydroxyl groups is 1. The Morgan fingerprint density at radius 3 is 2.48 bits per heavy atom. The van der Waals surface area contributed by atoms with Crippen molar-refractivity contribution in [2.45, 2.75) is 51.2 Å². The molecule has 0 radical (unpaired) electrons. The van der Waals surface area contributed by atoms with Crippen molar-refractivity contribution in [1.82, 2.24) is 10.4 Å². The Bertz CT molecular complexity index is 443. The molecule has 1 fully saturated rings. The van der Waals surface area contributed by atoms with E-state index in [9.17, 15) is 9.90 Å². The van der Waals surface area contributed by atoms with E-state index < -0.39 is 6.10 Å². The van der Waals surface area contributed by atoms with Gasteiger partial charge in [0.1, 0.15) is 0 Å². The first-order valence-electron chi connectivity index (χ1n) is 7.86. The van der Waals surface area contributed by atoms with Crippen molar-refractivity contribution >= 4 is 5.91 Å². The molecule has 116 valence electrons. The van der Waals surface area contributed by atoms with Crippen LogP contribution in [-0.4, -0.2) is 29.1 Å². The Kier molecular flexibility index (Phi) is 5.76. The van der Waals surface area contributed by atoms with Gasteiger partial charge in [-0.05, 0) is 25.3 Å². The first kappa shape index (κ1) is 16.0. The number of hydrazine groups is 1. The monoisotopic (exact) mass is 290 g/mol. The molecular weight excluding hydrogens is 264 g/mol. The van der Waals surface area contributed by atoms with Gasteiger partial charge in [-0.1, -0.05) is 49.6 Å².